The van der Waals surface area contributed by atoms with Crippen molar-refractivity contribution < 1.29 is 81.8 Å². The second-order valence-corrected chi connectivity index (χ2v) is 44.5. The summed E-state index contributed by atoms with van der Waals surface area (Å²) in [6.45, 7) is 36.4. The van der Waals surface area contributed by atoms with Crippen LogP contribution in [0.3, 0.4) is 0 Å². The average Bonchev–Trinajstić information content (AvgIpc) is 1.56. The third-order valence-electron chi connectivity index (χ3n) is 31.1. The minimum absolute atomic E-state index is 0.000104. The van der Waals surface area contributed by atoms with Crippen molar-refractivity contribution in [2.45, 2.75) is 263 Å². The molecule has 9 aliphatic rings. The summed E-state index contributed by atoms with van der Waals surface area (Å²) in [7, 11) is 0. The third-order valence-corrected chi connectivity index (χ3v) is 31.1. The monoisotopic (exact) mass is 2030 g/mol. The van der Waals surface area contributed by atoms with Crippen LogP contribution in [-0.2, 0) is 25.7 Å². The molecule has 0 unspecified atom stereocenters. The molecule has 146 heavy (non-hydrogen) atoms. The smallest absolute Gasteiger partial charge is 0.147 e. The lowest BCUT2D eigenvalue weighted by molar-refractivity contribution is -0.0367. The van der Waals surface area contributed by atoms with Crippen molar-refractivity contribution in [3.05, 3.63) is 259 Å². The topological polar surface area (TPSA) is 166 Å². The van der Waals surface area contributed by atoms with E-state index in [1.165, 1.54) is 82.3 Å². The molecule has 6 N–H and O–H groups in total. The van der Waals surface area contributed by atoms with Crippen molar-refractivity contribution in [1.82, 2.24) is 59.1 Å². The van der Waals surface area contributed by atoms with Gasteiger partial charge in [0.2, 0.25) is 0 Å². The molecule has 4 saturated heterocycles. The van der Waals surface area contributed by atoms with E-state index in [1.54, 1.807) is 37.8 Å². The Morgan fingerprint density at radius 1 is 0.390 bits per heavy atom. The Labute approximate surface area is 848 Å². The molecule has 8 aromatic carbocycles. The Balaban J connectivity index is 0.000000128. The number of aromatic nitrogens is 4. The number of hydrogen-bond acceptors (Lipinski definition) is 14. The van der Waals surface area contributed by atoms with E-state index in [-0.39, 0.29) is 101 Å². The Kier molecular flexibility index (Phi) is 31.7. The van der Waals surface area contributed by atoms with E-state index in [2.05, 4.69) is 60.3 Å². The SMILES string of the molecule is CCC1CN(CCOc2cc(F)c([C@@H]3c4[nH]c5c(F)cccc5c4C[C@@H](C)N3CC(C)(C)F)c(F)c2)C1.CCCCN1CC(Oc2cc(F)c([C@@H]3c4[nH]c5ccccc5c4C[C@@H](C)N3C[C@@H](C)O)c(F)c2)C1.CCCCN1CC(Oc2cc(F)c([C@@H]3c4[nH]c5ccccc5c4C[C@@H](C)N3C[C@H](C)O)c(F)c2)C1.C[C@@H]1Cc2c([nH]c3ccccc23)[C@@H](c2c(F)cc(OC3CN(CC4CC(C)(F)C4)C3)cc2F)N1CC(C)(C)F. The summed E-state index contributed by atoms with van der Waals surface area (Å²) in [6.07, 6.45) is 8.01. The fourth-order valence-electron chi connectivity index (χ4n) is 24.1. The fraction of sp³-hybridized carbons (Fsp3) is 0.517. The Morgan fingerprint density at radius 2 is 0.705 bits per heavy atom. The normalized spacial score (nSPS) is 23.6. The van der Waals surface area contributed by atoms with Crippen LogP contribution in [0.15, 0.2) is 140 Å². The lowest BCUT2D eigenvalue weighted by atomic mass is 9.73. The molecular formula is C116H142F12N12O6. The zero-order valence-corrected chi connectivity index (χ0v) is 86.4. The number of para-hydroxylation sites is 4. The van der Waals surface area contributed by atoms with Crippen molar-refractivity contribution in [2.24, 2.45) is 11.8 Å². The summed E-state index contributed by atoms with van der Waals surface area (Å²) < 4.78 is 207. The van der Waals surface area contributed by atoms with Gasteiger partial charge in [-0.15, -0.1) is 0 Å². The van der Waals surface area contributed by atoms with E-state index in [0.717, 1.165) is 170 Å². The standard InChI is InChI=1S/C31H37F4N3O.C29H35F4N3O.2C28H35F2N3O2/c1-18-9-23-22-7-5-6-8-26(22)36-28(23)29(38(18)17-30(2,3)34)27-24(32)10-20(11-25(27)33)39-21-15-37(16-21)14-19-12-31(4,35)13-19;1-5-18-14-35(15-18)9-10-37-19-12-23(31)25(24(32)13-19)28-27-21(11-17(2)36(28)16-29(3,4)33)20-7-6-8-22(30)26(20)34-27;2*1-4-5-10-32-15-20(16-32)35-19-12-23(29)26(24(30)13-19)28-27-22(11-17(2)33(28)14-18(3)34)21-8-6-7-9-25(21)31-27/h5-8,10-11,18-19,21,29,36H,9,12-17H2,1-4H3;6-8,12-13,17-18,28,34H,5,9-11,14-16H2,1-4H3;2*6-9,12-13,17-18,20,28,31,34H,4-5,10-11,14-16H2,1-3H3/t18-,19?,29-,31?;17-,28-;17-,18+,28-;17-,18-,28-/m1111/s1. The average molecular weight is 2030 g/mol. The Morgan fingerprint density at radius 3 is 1.05 bits per heavy atom. The van der Waals surface area contributed by atoms with Crippen molar-refractivity contribution in [3.8, 4) is 23.0 Å². The van der Waals surface area contributed by atoms with Crippen LogP contribution in [0.4, 0.5) is 52.7 Å². The summed E-state index contributed by atoms with van der Waals surface area (Å²) >= 11 is 0. The van der Waals surface area contributed by atoms with E-state index in [9.17, 15) is 27.8 Å². The van der Waals surface area contributed by atoms with Gasteiger partial charge < -0.3 is 49.1 Å². The quantitative estimate of drug-likeness (QED) is 0.0227. The van der Waals surface area contributed by atoms with Crippen LogP contribution < -0.4 is 18.9 Å². The van der Waals surface area contributed by atoms with E-state index in [0.29, 0.717) is 99.1 Å². The number of hydrogen-bond donors (Lipinski definition) is 6. The molecule has 12 aromatic rings. The van der Waals surface area contributed by atoms with E-state index in [4.69, 9.17) is 18.9 Å². The van der Waals surface area contributed by atoms with Crippen LogP contribution >= 0.6 is 0 Å². The highest BCUT2D eigenvalue weighted by Crippen LogP contribution is 2.51. The number of unbranched alkanes of at least 4 members (excludes halogenated alkanes) is 2. The molecule has 0 amide bonds. The van der Waals surface area contributed by atoms with Crippen LogP contribution in [0.25, 0.3) is 43.6 Å². The fourth-order valence-corrected chi connectivity index (χ4v) is 24.1. The van der Waals surface area contributed by atoms with Crippen LogP contribution in [0, 0.1) is 64.2 Å². The summed E-state index contributed by atoms with van der Waals surface area (Å²) in [5.74, 6) is -4.07. The molecule has 12 heterocycles. The molecule has 0 spiro atoms. The molecule has 1 saturated carbocycles. The maximum Gasteiger partial charge on any atom is 0.147 e. The number of benzene rings is 8. The van der Waals surface area contributed by atoms with E-state index in [1.807, 2.05) is 115 Å². The molecule has 18 nitrogen and oxygen atoms in total. The molecule has 0 radical (unpaired) electrons. The van der Waals surface area contributed by atoms with Gasteiger partial charge in [0.05, 0.1) is 41.9 Å². The molecule has 10 atom stereocenters. The Bertz CT molecular complexity index is 6300. The van der Waals surface area contributed by atoms with Gasteiger partial charge in [-0.25, -0.2) is 52.7 Å². The predicted octanol–water partition coefficient (Wildman–Crippen LogP) is 23.2. The second kappa shape index (κ2) is 43.8. The van der Waals surface area contributed by atoms with E-state index >= 15 is 35.1 Å². The minimum Gasteiger partial charge on any atom is -0.492 e. The lowest BCUT2D eigenvalue weighted by Gasteiger charge is -2.46. The molecule has 5 fully saturated rings. The van der Waals surface area contributed by atoms with Gasteiger partial charge in [0.1, 0.15) is 117 Å². The van der Waals surface area contributed by atoms with Gasteiger partial charge in [-0.05, 0) is 199 Å². The van der Waals surface area contributed by atoms with Gasteiger partial charge in [0.15, 0.2) is 0 Å². The van der Waals surface area contributed by atoms with E-state index < -0.39 is 106 Å². The number of nitrogens with one attached hydrogen (secondary N) is 4. The molecular weight excluding hydrogens is 1890 g/mol. The Hall–Kier alpha value is -10.1. The molecule has 4 aromatic heterocycles. The van der Waals surface area contributed by atoms with Crippen molar-refractivity contribution >= 4 is 43.6 Å². The number of ether oxygens (including phenoxy) is 4. The van der Waals surface area contributed by atoms with Gasteiger partial charge >= 0.3 is 0 Å². The first-order valence-electron chi connectivity index (χ1n) is 52.6. The molecule has 21 rings (SSSR count). The first kappa shape index (κ1) is 106. The summed E-state index contributed by atoms with van der Waals surface area (Å²) in [5, 5.41) is 24.3. The largest absolute Gasteiger partial charge is 0.492 e. The number of H-pyrrole nitrogens is 4. The maximum absolute atomic E-state index is 15.8. The van der Waals surface area contributed by atoms with Crippen LogP contribution in [0.2, 0.25) is 0 Å². The molecule has 30 heteroatoms. The number of halogens is 12. The highest BCUT2D eigenvalue weighted by Gasteiger charge is 2.49. The van der Waals surface area contributed by atoms with Gasteiger partial charge in [-0.1, -0.05) is 107 Å². The van der Waals surface area contributed by atoms with Crippen LogP contribution in [-0.4, -0.2) is 252 Å². The second-order valence-electron chi connectivity index (χ2n) is 44.5. The minimum atomic E-state index is -1.61. The zero-order valence-electron chi connectivity index (χ0n) is 86.4. The van der Waals surface area contributed by atoms with Gasteiger partial charge in [-0.2, -0.15) is 0 Å². The number of aliphatic hydroxyl groups is 2. The third kappa shape index (κ3) is 23.0. The summed E-state index contributed by atoms with van der Waals surface area (Å²) in [4.78, 5) is 30.1. The molecule has 0 bridgehead atoms. The lowest BCUT2D eigenvalue weighted by Crippen LogP contribution is -2.57. The maximum atomic E-state index is 15.8. The van der Waals surface area contributed by atoms with Crippen LogP contribution in [0.5, 0.6) is 23.0 Å². The number of rotatable bonds is 31. The molecule has 786 valence electrons. The highest BCUT2D eigenvalue weighted by atomic mass is 19.2. The zero-order chi connectivity index (χ0) is 104. The number of aromatic amines is 4. The van der Waals surface area contributed by atoms with Gasteiger partial charge in [-0.3, -0.25) is 39.2 Å². The first-order valence-corrected chi connectivity index (χ1v) is 52.6. The summed E-state index contributed by atoms with van der Waals surface area (Å²) in [5.41, 5.74) is 5.38. The summed E-state index contributed by atoms with van der Waals surface area (Å²) in [6, 6.07) is 35.3. The number of alkyl halides is 3. The highest BCUT2D eigenvalue weighted by molar-refractivity contribution is 5.88. The van der Waals surface area contributed by atoms with Crippen molar-refractivity contribution in [1.29, 1.82) is 0 Å². The van der Waals surface area contributed by atoms with Gasteiger partial charge in [0.25, 0.3) is 0 Å². The first-order chi connectivity index (χ1) is 69.6. The van der Waals surface area contributed by atoms with Crippen LogP contribution in [0.1, 0.15) is 233 Å². The molecule has 8 aliphatic heterocycles. The van der Waals surface area contributed by atoms with Crippen molar-refractivity contribution in [3.63, 3.8) is 0 Å². The van der Waals surface area contributed by atoms with Crippen molar-refractivity contribution in [2.75, 3.05) is 111 Å². The number of fused-ring (bicyclic) bond motifs is 12. The number of aliphatic hydroxyl groups excluding tert-OH is 2. The predicted molar refractivity (Wildman–Crippen MR) is 550 cm³/mol. The number of β-amino-alcohol motifs (C(OH)–C–C–N with tert-alkyl or cyclic N) is 2. The molecule has 1 aliphatic carbocycles. The number of likely N-dealkylation sites (tertiary alicyclic amines) is 4. The number of nitrogens with zero attached hydrogens (tertiary/aromatic N) is 8. The van der Waals surface area contributed by atoms with Gasteiger partial charge in [0, 0.05) is 247 Å².